The molecule has 6 aromatic rings. The van der Waals surface area contributed by atoms with Crippen molar-refractivity contribution in [3.05, 3.63) is 174 Å². The molecule has 7 rings (SSSR count). The van der Waals surface area contributed by atoms with E-state index in [1.807, 2.05) is 103 Å². The fraction of sp³-hybridized carbons (Fsp3) is 0.103. The molecule has 0 aliphatic carbocycles. The molecule has 1 aliphatic rings. The van der Waals surface area contributed by atoms with E-state index in [2.05, 4.69) is 4.57 Å². The predicted molar refractivity (Wildman–Crippen MR) is 190 cm³/mol. The molecular formula is C39H30N4O5S. The van der Waals surface area contributed by atoms with E-state index >= 15 is 0 Å². The molecule has 0 saturated heterocycles. The summed E-state index contributed by atoms with van der Waals surface area (Å²) in [6, 6.07) is 36.9. The number of thiazole rings is 1. The first-order valence-electron chi connectivity index (χ1n) is 15.7. The van der Waals surface area contributed by atoms with Gasteiger partial charge in [0.1, 0.15) is 0 Å². The molecule has 3 heterocycles. The molecule has 0 bridgehead atoms. The molecule has 0 saturated carbocycles. The summed E-state index contributed by atoms with van der Waals surface area (Å²) in [4.78, 5) is 44.0. The summed E-state index contributed by atoms with van der Waals surface area (Å²) in [6.45, 7) is 3.71. The molecule has 0 fully saturated rings. The lowest BCUT2D eigenvalue weighted by molar-refractivity contribution is -0.384. The van der Waals surface area contributed by atoms with Crippen LogP contribution in [0.3, 0.4) is 0 Å². The number of esters is 1. The topological polar surface area (TPSA) is 109 Å². The van der Waals surface area contributed by atoms with Gasteiger partial charge in [0, 0.05) is 23.4 Å². The van der Waals surface area contributed by atoms with Crippen LogP contribution in [0, 0.1) is 10.1 Å². The summed E-state index contributed by atoms with van der Waals surface area (Å²) in [5, 5.41) is 11.5. The minimum atomic E-state index is -0.711. The van der Waals surface area contributed by atoms with Gasteiger partial charge in [0.05, 0.1) is 44.8 Å². The maximum Gasteiger partial charge on any atom is 0.338 e. The smallest absolute Gasteiger partial charge is 0.338 e. The summed E-state index contributed by atoms with van der Waals surface area (Å²) >= 11 is 1.26. The number of carbonyl (C=O) groups excluding carboxylic acids is 1. The SMILES string of the molecule is CCOC(=O)C1=C(C)N=c2s/c(=C\c3cc(-c4ccccc4)n(-c4ccc([N+](=O)[O-])cc4)c3-c3ccccc3)c(=O)n2[C@H]1c1ccccc1. The zero-order valence-corrected chi connectivity index (χ0v) is 27.5. The highest BCUT2D eigenvalue weighted by Gasteiger charge is 2.33. The summed E-state index contributed by atoms with van der Waals surface area (Å²) < 4.78 is 9.51. The van der Waals surface area contributed by atoms with Gasteiger partial charge in [-0.05, 0) is 54.8 Å². The second kappa shape index (κ2) is 13.2. The molecule has 0 amide bonds. The number of allylic oxidation sites excluding steroid dienone is 1. The third kappa shape index (κ3) is 5.83. The van der Waals surface area contributed by atoms with Crippen molar-refractivity contribution in [3.63, 3.8) is 0 Å². The molecule has 242 valence electrons. The molecule has 4 aromatic carbocycles. The number of nitro benzene ring substituents is 1. The fourth-order valence-corrected chi connectivity index (χ4v) is 7.27. The van der Waals surface area contributed by atoms with Crippen molar-refractivity contribution >= 4 is 29.1 Å². The molecule has 0 N–H and O–H groups in total. The maximum absolute atomic E-state index is 14.5. The number of nitro groups is 1. The molecular weight excluding hydrogens is 637 g/mol. The number of rotatable bonds is 8. The second-order valence-electron chi connectivity index (χ2n) is 11.4. The number of hydrogen-bond donors (Lipinski definition) is 0. The quantitative estimate of drug-likeness (QED) is 0.101. The molecule has 0 radical (unpaired) electrons. The number of hydrogen-bond acceptors (Lipinski definition) is 7. The standard InChI is InChI=1S/C39H30N4O5S/c1-3-48-38(45)34-25(2)40-39-42(36(34)28-17-11-6-12-18-28)37(44)33(49-39)24-29-23-32(26-13-7-4-8-14-26)41(35(29)27-15-9-5-10-16-27)30-19-21-31(22-20-30)43(46)47/h4-24,36H,3H2,1-2H3/b33-24-/t36-/m0/s1. The Balaban J connectivity index is 1.50. The van der Waals surface area contributed by atoms with Gasteiger partial charge in [-0.25, -0.2) is 9.79 Å². The van der Waals surface area contributed by atoms with Gasteiger partial charge in [-0.1, -0.05) is 102 Å². The van der Waals surface area contributed by atoms with Crippen LogP contribution >= 0.6 is 11.3 Å². The van der Waals surface area contributed by atoms with E-state index in [1.54, 1.807) is 30.5 Å². The number of aromatic nitrogens is 2. The summed E-state index contributed by atoms with van der Waals surface area (Å²) in [5.74, 6) is -0.508. The summed E-state index contributed by atoms with van der Waals surface area (Å²) in [5.41, 5.74) is 6.27. The van der Waals surface area contributed by atoms with Crippen LogP contribution < -0.4 is 14.9 Å². The molecule has 1 aliphatic heterocycles. The number of fused-ring (bicyclic) bond motifs is 1. The second-order valence-corrected chi connectivity index (χ2v) is 12.4. The maximum atomic E-state index is 14.5. The van der Waals surface area contributed by atoms with E-state index in [4.69, 9.17) is 9.73 Å². The van der Waals surface area contributed by atoms with Crippen LogP contribution in [0.2, 0.25) is 0 Å². The minimum Gasteiger partial charge on any atom is -0.463 e. The Hall–Kier alpha value is -6.13. The molecule has 0 spiro atoms. The van der Waals surface area contributed by atoms with E-state index in [9.17, 15) is 19.7 Å². The Morgan fingerprint density at radius 1 is 0.918 bits per heavy atom. The number of carbonyl (C=O) groups is 1. The van der Waals surface area contributed by atoms with Crippen LogP contribution in [0.1, 0.15) is 31.0 Å². The first-order valence-corrected chi connectivity index (χ1v) is 16.5. The Morgan fingerprint density at radius 3 is 2.14 bits per heavy atom. The van der Waals surface area contributed by atoms with Gasteiger partial charge < -0.3 is 9.30 Å². The molecule has 1 atom stereocenters. The van der Waals surface area contributed by atoms with Gasteiger partial charge in [-0.2, -0.15) is 0 Å². The molecule has 0 unspecified atom stereocenters. The van der Waals surface area contributed by atoms with Gasteiger partial charge >= 0.3 is 5.97 Å². The van der Waals surface area contributed by atoms with Crippen LogP contribution in [0.5, 0.6) is 0 Å². The van der Waals surface area contributed by atoms with E-state index in [1.165, 1.54) is 23.5 Å². The van der Waals surface area contributed by atoms with Gasteiger partial charge in [-0.15, -0.1) is 0 Å². The van der Waals surface area contributed by atoms with Crippen LogP contribution in [0.4, 0.5) is 5.69 Å². The molecule has 10 heteroatoms. The zero-order chi connectivity index (χ0) is 34.1. The Morgan fingerprint density at radius 2 is 1.53 bits per heavy atom. The van der Waals surface area contributed by atoms with Gasteiger partial charge in [-0.3, -0.25) is 19.5 Å². The number of ether oxygens (including phenoxy) is 1. The predicted octanol–water partition coefficient (Wildman–Crippen LogP) is 6.83. The van der Waals surface area contributed by atoms with Gasteiger partial charge in [0.15, 0.2) is 4.80 Å². The number of non-ortho nitro benzene ring substituents is 1. The van der Waals surface area contributed by atoms with Crippen LogP contribution in [0.15, 0.2) is 142 Å². The fourth-order valence-electron chi connectivity index (χ4n) is 6.23. The minimum absolute atomic E-state index is 0.00906. The first kappa shape index (κ1) is 31.5. The Bertz CT molecular complexity index is 2410. The summed E-state index contributed by atoms with van der Waals surface area (Å²) in [7, 11) is 0. The third-order valence-corrected chi connectivity index (χ3v) is 9.37. The van der Waals surface area contributed by atoms with E-state index < -0.39 is 16.9 Å². The van der Waals surface area contributed by atoms with Crippen molar-refractivity contribution < 1.29 is 14.5 Å². The van der Waals surface area contributed by atoms with E-state index in [0.29, 0.717) is 20.6 Å². The van der Waals surface area contributed by atoms with E-state index in [-0.39, 0.29) is 17.9 Å². The van der Waals surface area contributed by atoms with Crippen molar-refractivity contribution in [3.8, 4) is 28.2 Å². The monoisotopic (exact) mass is 666 g/mol. The van der Waals surface area contributed by atoms with Crippen molar-refractivity contribution in [1.29, 1.82) is 0 Å². The zero-order valence-electron chi connectivity index (χ0n) is 26.6. The average molecular weight is 667 g/mol. The number of benzene rings is 4. The third-order valence-electron chi connectivity index (χ3n) is 8.38. The Kier molecular flexibility index (Phi) is 8.46. The normalized spacial score (nSPS) is 14.3. The highest BCUT2D eigenvalue weighted by molar-refractivity contribution is 7.07. The highest BCUT2D eigenvalue weighted by atomic mass is 32.1. The molecule has 49 heavy (non-hydrogen) atoms. The lowest BCUT2D eigenvalue weighted by atomic mass is 9.96. The average Bonchev–Trinajstić information content (AvgIpc) is 3.65. The summed E-state index contributed by atoms with van der Waals surface area (Å²) in [6.07, 6.45) is 1.87. The van der Waals surface area contributed by atoms with Crippen LogP contribution in [-0.2, 0) is 9.53 Å². The molecule has 2 aromatic heterocycles. The lowest BCUT2D eigenvalue weighted by Crippen LogP contribution is -2.39. The number of nitrogens with zero attached hydrogens (tertiary/aromatic N) is 4. The van der Waals surface area contributed by atoms with Crippen molar-refractivity contribution in [1.82, 2.24) is 9.13 Å². The van der Waals surface area contributed by atoms with Gasteiger partial charge in [0.2, 0.25) is 0 Å². The van der Waals surface area contributed by atoms with Crippen molar-refractivity contribution in [2.24, 2.45) is 4.99 Å². The van der Waals surface area contributed by atoms with Crippen LogP contribution in [0.25, 0.3) is 34.3 Å². The molecule has 9 nitrogen and oxygen atoms in total. The van der Waals surface area contributed by atoms with Crippen molar-refractivity contribution in [2.75, 3.05) is 6.61 Å². The van der Waals surface area contributed by atoms with Crippen molar-refractivity contribution in [2.45, 2.75) is 19.9 Å². The Labute approximate surface area is 285 Å². The van der Waals surface area contributed by atoms with E-state index in [0.717, 1.165) is 39.3 Å². The lowest BCUT2D eigenvalue weighted by Gasteiger charge is -2.24. The van der Waals surface area contributed by atoms with Crippen LogP contribution in [-0.4, -0.2) is 26.6 Å². The largest absolute Gasteiger partial charge is 0.463 e. The first-order chi connectivity index (χ1) is 23.9. The highest BCUT2D eigenvalue weighted by Crippen LogP contribution is 2.37. The van der Waals surface area contributed by atoms with Gasteiger partial charge in [0.25, 0.3) is 11.2 Å².